The second kappa shape index (κ2) is 16.2. The van der Waals surface area contributed by atoms with Crippen molar-refractivity contribution in [3.05, 3.63) is 65.7 Å². The van der Waals surface area contributed by atoms with Crippen LogP contribution in [0.4, 0.5) is 27.6 Å². The van der Waals surface area contributed by atoms with E-state index in [0.29, 0.717) is 24.9 Å². The molecule has 0 aliphatic carbocycles. The fourth-order valence-corrected chi connectivity index (χ4v) is 4.38. The Balaban J connectivity index is 0.00000197. The summed E-state index contributed by atoms with van der Waals surface area (Å²) < 4.78 is 71.0. The van der Waals surface area contributed by atoms with Crippen molar-refractivity contribution in [2.75, 3.05) is 52.1 Å². The average Bonchev–Trinajstić information content (AvgIpc) is 2.90. The maximum absolute atomic E-state index is 14.1. The highest BCUT2D eigenvalue weighted by Gasteiger charge is 2.33. The van der Waals surface area contributed by atoms with Gasteiger partial charge in [-0.3, -0.25) is 19.5 Å². The molecular weight excluding hydrogens is 581 g/mol. The average molecular weight is 616 g/mol. The molecule has 0 saturated carbocycles. The number of nitrogens with zero attached hydrogens (tertiary/aromatic N) is 3. The summed E-state index contributed by atoms with van der Waals surface area (Å²) in [5, 5.41) is 4.73. The lowest BCUT2D eigenvalue weighted by Crippen LogP contribution is -2.47. The molecule has 42 heavy (non-hydrogen) atoms. The standard InChI is InChI=1S/C25H26F5N5O3S.C3H8/c1-15(22-17(26)5-4-6-18(22)27)39-24(31-2)33-23(37)16-7-8-20(38-25(28,29)30)19(13-16)32-21(36)14-35-11-9-34(3)10-12-35;1-3-2/h4-8,13H,1,9-12,14H2,2-3H3,(H,32,36)(H,31,33,37);3H2,1-2H3. The van der Waals surface area contributed by atoms with Crippen molar-refractivity contribution in [1.29, 1.82) is 0 Å². The Labute approximate surface area is 246 Å². The van der Waals surface area contributed by atoms with Gasteiger partial charge in [-0.05, 0) is 37.4 Å². The quantitative estimate of drug-likeness (QED) is 0.240. The van der Waals surface area contributed by atoms with Crippen LogP contribution in [0.3, 0.4) is 0 Å². The van der Waals surface area contributed by atoms with Gasteiger partial charge in [0.25, 0.3) is 5.91 Å². The zero-order valence-electron chi connectivity index (χ0n) is 23.8. The molecule has 1 aliphatic rings. The van der Waals surface area contributed by atoms with E-state index in [0.717, 1.165) is 43.4 Å². The molecule has 2 amide bonds. The van der Waals surface area contributed by atoms with E-state index in [2.05, 4.69) is 45.7 Å². The number of benzene rings is 2. The van der Waals surface area contributed by atoms with Gasteiger partial charge in [0.05, 0.1) is 17.8 Å². The van der Waals surface area contributed by atoms with Crippen LogP contribution in [-0.2, 0) is 4.79 Å². The number of piperazine rings is 1. The number of hydrogen-bond acceptors (Lipinski definition) is 7. The largest absolute Gasteiger partial charge is 0.573 e. The molecular formula is C28H34F5N5O3S. The van der Waals surface area contributed by atoms with Crippen LogP contribution in [0.2, 0.25) is 0 Å². The lowest BCUT2D eigenvalue weighted by molar-refractivity contribution is -0.274. The van der Waals surface area contributed by atoms with E-state index >= 15 is 0 Å². The molecule has 14 heteroatoms. The molecule has 2 N–H and O–H groups in total. The van der Waals surface area contributed by atoms with Crippen LogP contribution in [0.1, 0.15) is 36.2 Å². The Morgan fingerprint density at radius 3 is 2.21 bits per heavy atom. The van der Waals surface area contributed by atoms with E-state index in [1.54, 1.807) is 0 Å². The van der Waals surface area contributed by atoms with Crippen molar-refractivity contribution in [3.63, 3.8) is 0 Å². The molecule has 0 atom stereocenters. The number of thioether (sulfide) groups is 1. The molecule has 1 fully saturated rings. The van der Waals surface area contributed by atoms with E-state index < -0.39 is 41.1 Å². The molecule has 0 bridgehead atoms. The number of alkyl halides is 3. The number of hydrogen-bond donors (Lipinski definition) is 2. The van der Waals surface area contributed by atoms with Gasteiger partial charge < -0.3 is 20.3 Å². The Bertz CT molecular complexity index is 1260. The molecule has 8 nitrogen and oxygen atoms in total. The molecule has 2 aromatic rings. The zero-order valence-corrected chi connectivity index (χ0v) is 24.6. The number of amides is 2. The normalized spacial score (nSPS) is 14.5. The molecule has 2 aromatic carbocycles. The summed E-state index contributed by atoms with van der Waals surface area (Å²) in [6.45, 7) is 10.5. The number of nitrogens with one attached hydrogen (secondary N) is 2. The van der Waals surface area contributed by atoms with Gasteiger partial charge in [-0.1, -0.05) is 44.7 Å². The highest BCUT2D eigenvalue weighted by molar-refractivity contribution is 8.21. The molecule has 0 spiro atoms. The molecule has 1 aliphatic heterocycles. The van der Waals surface area contributed by atoms with Gasteiger partial charge in [-0.15, -0.1) is 13.2 Å². The van der Waals surface area contributed by atoms with Gasteiger partial charge in [0.2, 0.25) is 5.91 Å². The number of rotatable bonds is 7. The third kappa shape index (κ3) is 11.1. The van der Waals surface area contributed by atoms with Crippen molar-refractivity contribution in [1.82, 2.24) is 15.1 Å². The second-order valence-corrected chi connectivity index (χ2v) is 10.3. The summed E-state index contributed by atoms with van der Waals surface area (Å²) >= 11 is 0.686. The number of aliphatic imine (C=N–C) groups is 1. The second-order valence-electron chi connectivity index (χ2n) is 9.20. The van der Waals surface area contributed by atoms with Crippen LogP contribution in [0, 0.1) is 11.6 Å². The molecule has 0 unspecified atom stereocenters. The third-order valence-corrected chi connectivity index (χ3v) is 6.52. The Morgan fingerprint density at radius 1 is 1.07 bits per heavy atom. The van der Waals surface area contributed by atoms with Crippen molar-refractivity contribution < 1.29 is 36.3 Å². The van der Waals surface area contributed by atoms with Crippen LogP contribution < -0.4 is 15.4 Å². The van der Waals surface area contributed by atoms with E-state index in [1.807, 2.05) is 11.9 Å². The van der Waals surface area contributed by atoms with Gasteiger partial charge in [-0.25, -0.2) is 8.78 Å². The van der Waals surface area contributed by atoms with Gasteiger partial charge in [0.1, 0.15) is 11.6 Å². The predicted octanol–water partition coefficient (Wildman–Crippen LogP) is 5.59. The SMILES string of the molecule is C=C(SC(=NC)NC(=O)c1ccc(OC(F)(F)F)c(NC(=O)CN2CCN(C)CC2)c1)c1c(F)cccc1F.CCC. The third-order valence-electron chi connectivity index (χ3n) is 5.59. The van der Waals surface area contributed by atoms with Crippen molar-refractivity contribution in [2.24, 2.45) is 4.99 Å². The van der Waals surface area contributed by atoms with E-state index in [4.69, 9.17) is 0 Å². The van der Waals surface area contributed by atoms with Crippen LogP contribution in [0.5, 0.6) is 5.75 Å². The van der Waals surface area contributed by atoms with Gasteiger partial charge in [-0.2, -0.15) is 0 Å². The first-order valence-electron chi connectivity index (χ1n) is 13.0. The minimum Gasteiger partial charge on any atom is -0.404 e. The summed E-state index contributed by atoms with van der Waals surface area (Å²) in [5.41, 5.74) is -0.889. The first-order chi connectivity index (χ1) is 19.8. The molecule has 1 saturated heterocycles. The summed E-state index contributed by atoms with van der Waals surface area (Å²) in [6, 6.07) is 6.29. The fourth-order valence-electron chi connectivity index (χ4n) is 3.61. The predicted molar refractivity (Wildman–Crippen MR) is 155 cm³/mol. The minimum atomic E-state index is -5.04. The van der Waals surface area contributed by atoms with Crippen LogP contribution in [-0.4, -0.2) is 80.0 Å². The van der Waals surface area contributed by atoms with Crippen molar-refractivity contribution >= 4 is 39.3 Å². The first-order valence-corrected chi connectivity index (χ1v) is 13.8. The van der Waals surface area contributed by atoms with E-state index in [9.17, 15) is 31.5 Å². The number of carbonyl (C=O) groups excluding carboxylic acids is 2. The highest BCUT2D eigenvalue weighted by atomic mass is 32.2. The smallest absolute Gasteiger partial charge is 0.404 e. The summed E-state index contributed by atoms with van der Waals surface area (Å²) in [4.78, 5) is 33.2. The van der Waals surface area contributed by atoms with Crippen LogP contribution in [0.25, 0.3) is 4.91 Å². The van der Waals surface area contributed by atoms with Gasteiger partial charge >= 0.3 is 6.36 Å². The fraction of sp³-hybridized carbons (Fsp3) is 0.393. The number of anilines is 1. The van der Waals surface area contributed by atoms with Gasteiger partial charge in [0.15, 0.2) is 10.9 Å². The molecule has 230 valence electrons. The highest BCUT2D eigenvalue weighted by Crippen LogP contribution is 2.32. The maximum Gasteiger partial charge on any atom is 0.573 e. The summed E-state index contributed by atoms with van der Waals surface area (Å²) in [6.07, 6.45) is -3.79. The minimum absolute atomic E-state index is 0.0618. The maximum atomic E-state index is 14.1. The molecule has 3 rings (SSSR count). The van der Waals surface area contributed by atoms with Crippen molar-refractivity contribution in [3.8, 4) is 5.75 Å². The zero-order chi connectivity index (χ0) is 31.4. The lowest BCUT2D eigenvalue weighted by atomic mass is 10.1. The number of carbonyl (C=O) groups is 2. The Morgan fingerprint density at radius 2 is 1.67 bits per heavy atom. The number of halogens is 5. The monoisotopic (exact) mass is 615 g/mol. The summed E-state index contributed by atoms with van der Waals surface area (Å²) in [7, 11) is 3.26. The molecule has 0 aromatic heterocycles. The van der Waals surface area contributed by atoms with Crippen LogP contribution in [0.15, 0.2) is 48.0 Å². The van der Waals surface area contributed by atoms with E-state index in [1.165, 1.54) is 19.5 Å². The van der Waals surface area contributed by atoms with E-state index in [-0.39, 0.29) is 27.9 Å². The Hall–Kier alpha value is -3.49. The van der Waals surface area contributed by atoms with Gasteiger partial charge in [0, 0.05) is 43.7 Å². The van der Waals surface area contributed by atoms with Crippen LogP contribution >= 0.6 is 11.8 Å². The number of amidine groups is 1. The lowest BCUT2D eigenvalue weighted by Gasteiger charge is -2.31. The van der Waals surface area contributed by atoms with Crippen molar-refractivity contribution in [2.45, 2.75) is 26.6 Å². The topological polar surface area (TPSA) is 86.3 Å². The number of likely N-dealkylation sites (N-methyl/N-ethyl adjacent to an activating group) is 1. The first kappa shape index (κ1) is 34.7. The summed E-state index contributed by atoms with van der Waals surface area (Å²) in [5.74, 6) is -3.80. The molecule has 0 radical (unpaired) electrons. The Kier molecular flexibility index (Phi) is 13.4. The number of ether oxygens (including phenoxy) is 1. The molecule has 1 heterocycles.